The van der Waals surface area contributed by atoms with Gasteiger partial charge in [0.25, 0.3) is 0 Å². The zero-order chi connectivity index (χ0) is 54.2. The molecule has 0 amide bonds. The normalized spacial score (nSPS) is 12.6. The van der Waals surface area contributed by atoms with Gasteiger partial charge in [0.2, 0.25) is 0 Å². The molecule has 12 aromatic carbocycles. The Bertz CT molecular complexity index is 4030. The van der Waals surface area contributed by atoms with Crippen LogP contribution in [-0.2, 0) is 5.41 Å². The minimum atomic E-state index is -0.175. The van der Waals surface area contributed by atoms with Crippen LogP contribution in [0.3, 0.4) is 0 Å². The standard InChI is InChI=1S/C79H71N/c1-5-7-9-25-47-79(48-26-10-8-6-2)73-52-58(77-69-35-21-23-37-71(69)78(72-38-24-22-36-70(72)77)61-50-59(56-27-13-11-14-28-56)49-60(51-61)57-29-15-12-16-30-57)41-43-65(73)66-44-42-62(53-74(66)79)80(75-45-39-54(3)63-31-17-19-33-67(63)75)76-46-40-55(4)64-32-18-20-34-68(64)76/h11-24,27-46,49-53H,5-10,25-26,47-48H2,1-4H3. The second-order valence-corrected chi connectivity index (χ2v) is 22.8. The minimum absolute atomic E-state index is 0.175. The van der Waals surface area contributed by atoms with Gasteiger partial charge in [0, 0.05) is 21.9 Å². The number of benzene rings is 12. The van der Waals surface area contributed by atoms with Crippen LogP contribution in [0.2, 0.25) is 0 Å². The molecule has 392 valence electrons. The zero-order valence-corrected chi connectivity index (χ0v) is 47.0. The summed E-state index contributed by atoms with van der Waals surface area (Å²) in [5, 5.41) is 10.2. The van der Waals surface area contributed by atoms with E-state index in [1.807, 2.05) is 0 Å². The highest BCUT2D eigenvalue weighted by Gasteiger charge is 2.43. The Morgan fingerprint density at radius 1 is 0.300 bits per heavy atom. The molecule has 0 unspecified atom stereocenters. The number of rotatable bonds is 17. The number of unbranched alkanes of at least 4 members (excludes halogenated alkanes) is 6. The Balaban J connectivity index is 1.03. The van der Waals surface area contributed by atoms with Crippen LogP contribution >= 0.6 is 0 Å². The summed E-state index contributed by atoms with van der Waals surface area (Å²) in [5.41, 5.74) is 21.8. The quantitative estimate of drug-likeness (QED) is 0.0649. The maximum Gasteiger partial charge on any atom is 0.0540 e. The van der Waals surface area contributed by atoms with Crippen molar-refractivity contribution in [3.8, 4) is 55.6 Å². The maximum atomic E-state index is 2.67. The molecule has 1 aliphatic rings. The van der Waals surface area contributed by atoms with Gasteiger partial charge in [-0.25, -0.2) is 0 Å². The van der Waals surface area contributed by atoms with Crippen molar-refractivity contribution >= 4 is 60.2 Å². The van der Waals surface area contributed by atoms with Crippen molar-refractivity contribution in [2.24, 2.45) is 0 Å². The van der Waals surface area contributed by atoms with Crippen LogP contribution < -0.4 is 4.90 Å². The first kappa shape index (κ1) is 51.0. The highest BCUT2D eigenvalue weighted by Crippen LogP contribution is 2.58. The molecule has 12 aromatic rings. The molecule has 80 heavy (non-hydrogen) atoms. The molecule has 0 saturated heterocycles. The van der Waals surface area contributed by atoms with Gasteiger partial charge in [-0.3, -0.25) is 0 Å². The molecule has 0 fully saturated rings. The third kappa shape index (κ3) is 9.08. The van der Waals surface area contributed by atoms with E-state index in [4.69, 9.17) is 0 Å². The molecule has 0 N–H and O–H groups in total. The molecule has 13 rings (SSSR count). The molecule has 0 radical (unpaired) electrons. The van der Waals surface area contributed by atoms with Crippen molar-refractivity contribution in [2.75, 3.05) is 4.90 Å². The van der Waals surface area contributed by atoms with Crippen LogP contribution in [0.4, 0.5) is 17.1 Å². The Kier molecular flexibility index (Phi) is 14.0. The molecule has 0 aliphatic heterocycles. The van der Waals surface area contributed by atoms with Crippen LogP contribution in [0.1, 0.15) is 100 Å². The van der Waals surface area contributed by atoms with Gasteiger partial charge in [0.15, 0.2) is 0 Å². The van der Waals surface area contributed by atoms with Crippen LogP contribution in [-0.4, -0.2) is 0 Å². The first-order valence-corrected chi connectivity index (χ1v) is 29.7. The Hall–Kier alpha value is -8.52. The number of fused-ring (bicyclic) bond motifs is 7. The first-order chi connectivity index (χ1) is 39.4. The summed E-state index contributed by atoms with van der Waals surface area (Å²) in [6, 6.07) is 90.0. The highest BCUT2D eigenvalue weighted by molar-refractivity contribution is 6.22. The van der Waals surface area contributed by atoms with Crippen LogP contribution in [0.15, 0.2) is 237 Å². The molecule has 1 aliphatic carbocycles. The second-order valence-electron chi connectivity index (χ2n) is 22.8. The van der Waals surface area contributed by atoms with E-state index in [0.29, 0.717) is 0 Å². The number of aryl methyl sites for hydroxylation is 2. The van der Waals surface area contributed by atoms with E-state index in [0.717, 1.165) is 12.8 Å². The smallest absolute Gasteiger partial charge is 0.0540 e. The van der Waals surface area contributed by atoms with Crippen molar-refractivity contribution in [3.63, 3.8) is 0 Å². The van der Waals surface area contributed by atoms with Gasteiger partial charge in [0.1, 0.15) is 0 Å². The van der Waals surface area contributed by atoms with Gasteiger partial charge in [0.05, 0.1) is 11.4 Å². The maximum absolute atomic E-state index is 2.67. The molecule has 1 heteroatoms. The molecule has 1 nitrogen and oxygen atoms in total. The molecule has 0 saturated carbocycles. The van der Waals surface area contributed by atoms with Gasteiger partial charge < -0.3 is 4.90 Å². The predicted molar refractivity (Wildman–Crippen MR) is 346 cm³/mol. The fourth-order valence-electron chi connectivity index (χ4n) is 13.9. The molecule has 0 heterocycles. The van der Waals surface area contributed by atoms with Gasteiger partial charge in [-0.05, 0) is 185 Å². The molecule has 0 spiro atoms. The predicted octanol–water partition coefficient (Wildman–Crippen LogP) is 23.3. The lowest BCUT2D eigenvalue weighted by Gasteiger charge is -2.35. The Morgan fingerprint density at radius 2 is 0.700 bits per heavy atom. The fourth-order valence-corrected chi connectivity index (χ4v) is 13.9. The third-order valence-electron chi connectivity index (χ3n) is 17.9. The molecule has 0 bridgehead atoms. The minimum Gasteiger partial charge on any atom is -0.309 e. The fraction of sp³-hybridized carbons (Fsp3) is 0.190. The summed E-state index contributed by atoms with van der Waals surface area (Å²) in [6.07, 6.45) is 12.0. The SMILES string of the molecule is CCCCCCC1(CCCCCC)c2cc(-c3c4ccccc4c(-c4cc(-c5ccccc5)cc(-c5ccccc5)c4)c4ccccc34)ccc2-c2ccc(N(c3ccc(C)c4ccccc34)c3ccc(C)c4ccccc34)cc21. The summed E-state index contributed by atoms with van der Waals surface area (Å²) < 4.78 is 0. The monoisotopic (exact) mass is 1030 g/mol. The second kappa shape index (κ2) is 22.0. The van der Waals surface area contributed by atoms with Crippen molar-refractivity contribution in [3.05, 3.63) is 259 Å². The van der Waals surface area contributed by atoms with Gasteiger partial charge >= 0.3 is 0 Å². The van der Waals surface area contributed by atoms with Gasteiger partial charge in [-0.2, -0.15) is 0 Å². The summed E-state index contributed by atoms with van der Waals surface area (Å²) in [4.78, 5) is 2.59. The van der Waals surface area contributed by atoms with Crippen LogP contribution in [0.5, 0.6) is 0 Å². The van der Waals surface area contributed by atoms with Crippen molar-refractivity contribution in [1.29, 1.82) is 0 Å². The average molecular weight is 1030 g/mol. The molecular weight excluding hydrogens is 963 g/mol. The lowest BCUT2D eigenvalue weighted by atomic mass is 9.70. The largest absolute Gasteiger partial charge is 0.309 e. The van der Waals surface area contributed by atoms with Gasteiger partial charge in [-0.1, -0.05) is 253 Å². The number of nitrogens with zero attached hydrogens (tertiary/aromatic N) is 1. The van der Waals surface area contributed by atoms with E-state index in [-0.39, 0.29) is 5.41 Å². The number of hydrogen-bond acceptors (Lipinski definition) is 1. The first-order valence-electron chi connectivity index (χ1n) is 29.7. The Labute approximate surface area is 474 Å². The number of anilines is 3. The summed E-state index contributed by atoms with van der Waals surface area (Å²) in [7, 11) is 0. The van der Waals surface area contributed by atoms with E-state index >= 15 is 0 Å². The third-order valence-corrected chi connectivity index (χ3v) is 17.9. The molecule has 0 aromatic heterocycles. The summed E-state index contributed by atoms with van der Waals surface area (Å²) >= 11 is 0. The summed E-state index contributed by atoms with van der Waals surface area (Å²) in [6.45, 7) is 9.19. The van der Waals surface area contributed by atoms with Crippen LogP contribution in [0, 0.1) is 13.8 Å². The average Bonchev–Trinajstić information content (AvgIpc) is 3.85. The highest BCUT2D eigenvalue weighted by atomic mass is 15.1. The molecular formula is C79H71N. The van der Waals surface area contributed by atoms with E-state index in [1.165, 1.54) is 189 Å². The lowest BCUT2D eigenvalue weighted by molar-refractivity contribution is 0.401. The summed E-state index contributed by atoms with van der Waals surface area (Å²) in [5.74, 6) is 0. The van der Waals surface area contributed by atoms with E-state index < -0.39 is 0 Å². The van der Waals surface area contributed by atoms with E-state index in [1.54, 1.807) is 0 Å². The van der Waals surface area contributed by atoms with Crippen molar-refractivity contribution < 1.29 is 0 Å². The molecule has 0 atom stereocenters. The van der Waals surface area contributed by atoms with Gasteiger partial charge in [-0.15, -0.1) is 0 Å². The van der Waals surface area contributed by atoms with E-state index in [2.05, 4.69) is 269 Å². The van der Waals surface area contributed by atoms with Crippen molar-refractivity contribution in [2.45, 2.75) is 97.3 Å². The lowest BCUT2D eigenvalue weighted by Crippen LogP contribution is -2.26. The van der Waals surface area contributed by atoms with Crippen LogP contribution in [0.25, 0.3) is 98.7 Å². The van der Waals surface area contributed by atoms with E-state index in [9.17, 15) is 0 Å². The number of hydrogen-bond donors (Lipinski definition) is 0. The Morgan fingerprint density at radius 3 is 1.18 bits per heavy atom. The van der Waals surface area contributed by atoms with Crippen molar-refractivity contribution in [1.82, 2.24) is 0 Å². The topological polar surface area (TPSA) is 3.24 Å². The zero-order valence-electron chi connectivity index (χ0n) is 47.0.